The Hall–Kier alpha value is -0.540. The number of ether oxygens (including phenoxy) is 1. The van der Waals surface area contributed by atoms with E-state index in [9.17, 15) is 0 Å². The van der Waals surface area contributed by atoms with E-state index in [1.54, 1.807) is 0 Å². The zero-order valence-corrected chi connectivity index (χ0v) is 12.1. The Morgan fingerprint density at radius 3 is 2.59 bits per heavy atom. The third-order valence-electron chi connectivity index (χ3n) is 3.24. The molecule has 0 spiro atoms. The van der Waals surface area contributed by atoms with Crippen LogP contribution in [-0.4, -0.2) is 19.3 Å². The lowest BCUT2D eigenvalue weighted by Crippen LogP contribution is -2.27. The molecule has 17 heavy (non-hydrogen) atoms. The van der Waals surface area contributed by atoms with Gasteiger partial charge in [-0.3, -0.25) is 0 Å². The second-order valence-electron chi connectivity index (χ2n) is 4.79. The normalized spacial score (nSPS) is 20.3. The van der Waals surface area contributed by atoms with Gasteiger partial charge in [0, 0.05) is 23.3 Å². The van der Waals surface area contributed by atoms with Crippen LogP contribution in [0.2, 0.25) is 0 Å². The Bertz CT molecular complexity index is 363. The van der Waals surface area contributed by atoms with Crippen molar-refractivity contribution in [1.29, 1.82) is 0 Å². The highest BCUT2D eigenvalue weighted by atomic mass is 79.9. The van der Waals surface area contributed by atoms with Gasteiger partial charge in [-0.2, -0.15) is 0 Å². The van der Waals surface area contributed by atoms with Crippen molar-refractivity contribution in [3.63, 3.8) is 0 Å². The largest absolute Gasteiger partial charge is 0.382 e. The molecule has 1 aromatic rings. The molecule has 3 heteroatoms. The molecule has 0 aromatic heterocycles. The molecule has 1 aliphatic rings. The van der Waals surface area contributed by atoms with Gasteiger partial charge in [-0.25, -0.2) is 0 Å². The quantitative estimate of drug-likeness (QED) is 0.909. The van der Waals surface area contributed by atoms with Crippen LogP contribution >= 0.6 is 15.9 Å². The zero-order chi connectivity index (χ0) is 12.3. The summed E-state index contributed by atoms with van der Waals surface area (Å²) >= 11 is 3.59. The van der Waals surface area contributed by atoms with Crippen LogP contribution < -0.4 is 5.32 Å². The number of halogens is 1. The number of hydrogen-bond acceptors (Lipinski definition) is 2. The lowest BCUT2D eigenvalue weighted by molar-refractivity contribution is 0.0247. The fraction of sp³-hybridized carbons (Fsp3) is 0.571. The molecule has 2 nitrogen and oxygen atoms in total. The summed E-state index contributed by atoms with van der Waals surface area (Å²) in [5.41, 5.74) is 3.74. The van der Waals surface area contributed by atoms with E-state index in [4.69, 9.17) is 4.74 Å². The third kappa shape index (κ3) is 3.46. The van der Waals surface area contributed by atoms with Crippen molar-refractivity contribution in [1.82, 2.24) is 0 Å². The number of hydrogen-bond donors (Lipinski definition) is 1. The smallest absolute Gasteiger partial charge is 0.0747 e. The lowest BCUT2D eigenvalue weighted by Gasteiger charge is -2.23. The molecular weight excluding hydrogens is 278 g/mol. The first kappa shape index (κ1) is 12.9. The van der Waals surface area contributed by atoms with Gasteiger partial charge in [0.1, 0.15) is 0 Å². The highest BCUT2D eigenvalue weighted by molar-refractivity contribution is 9.10. The van der Waals surface area contributed by atoms with E-state index >= 15 is 0 Å². The first-order valence-electron chi connectivity index (χ1n) is 6.29. The highest BCUT2D eigenvalue weighted by Gasteiger charge is 2.13. The fourth-order valence-electron chi connectivity index (χ4n) is 2.25. The van der Waals surface area contributed by atoms with E-state index in [0.717, 1.165) is 13.2 Å². The summed E-state index contributed by atoms with van der Waals surface area (Å²) in [6.07, 6.45) is 4.08. The topological polar surface area (TPSA) is 21.3 Å². The number of anilines is 1. The Labute approximate surface area is 112 Å². The molecule has 1 unspecified atom stereocenters. The maximum absolute atomic E-state index is 5.71. The summed E-state index contributed by atoms with van der Waals surface area (Å²) in [4.78, 5) is 0. The van der Waals surface area contributed by atoms with Gasteiger partial charge < -0.3 is 10.1 Å². The molecule has 1 atom stereocenters. The van der Waals surface area contributed by atoms with Crippen molar-refractivity contribution in [2.75, 3.05) is 18.5 Å². The first-order valence-corrected chi connectivity index (χ1v) is 7.08. The number of aryl methyl sites for hydroxylation is 2. The van der Waals surface area contributed by atoms with E-state index in [1.807, 2.05) is 0 Å². The van der Waals surface area contributed by atoms with Crippen LogP contribution in [0, 0.1) is 13.8 Å². The molecule has 2 rings (SSSR count). The van der Waals surface area contributed by atoms with Gasteiger partial charge in [-0.15, -0.1) is 0 Å². The summed E-state index contributed by atoms with van der Waals surface area (Å²) in [6.45, 7) is 6.09. The highest BCUT2D eigenvalue weighted by Crippen LogP contribution is 2.25. The van der Waals surface area contributed by atoms with Gasteiger partial charge in [0.25, 0.3) is 0 Å². The SMILES string of the molecule is Cc1cc(NCC2CCCCO2)cc(C)c1Br. The fourth-order valence-corrected chi connectivity index (χ4v) is 2.48. The van der Waals surface area contributed by atoms with Crippen molar-refractivity contribution >= 4 is 21.6 Å². The van der Waals surface area contributed by atoms with E-state index < -0.39 is 0 Å². The number of nitrogens with one attached hydrogen (secondary N) is 1. The predicted molar refractivity (Wildman–Crippen MR) is 75.7 cm³/mol. The van der Waals surface area contributed by atoms with Crippen molar-refractivity contribution in [3.8, 4) is 0 Å². The molecule has 1 heterocycles. The summed E-state index contributed by atoms with van der Waals surface area (Å²) in [5, 5.41) is 3.48. The van der Waals surface area contributed by atoms with Gasteiger partial charge in [0.15, 0.2) is 0 Å². The van der Waals surface area contributed by atoms with Gasteiger partial charge in [0.05, 0.1) is 6.10 Å². The van der Waals surface area contributed by atoms with Gasteiger partial charge >= 0.3 is 0 Å². The van der Waals surface area contributed by atoms with Crippen molar-refractivity contribution < 1.29 is 4.74 Å². The zero-order valence-electron chi connectivity index (χ0n) is 10.6. The van der Waals surface area contributed by atoms with Crippen LogP contribution in [0.1, 0.15) is 30.4 Å². The molecule has 94 valence electrons. The number of benzene rings is 1. The molecular formula is C14H20BrNO. The Balaban J connectivity index is 1.94. The van der Waals surface area contributed by atoms with Gasteiger partial charge in [-0.1, -0.05) is 15.9 Å². The minimum absolute atomic E-state index is 0.382. The van der Waals surface area contributed by atoms with Crippen LogP contribution in [0.15, 0.2) is 16.6 Å². The molecule has 0 radical (unpaired) electrons. The summed E-state index contributed by atoms with van der Waals surface area (Å²) < 4.78 is 6.92. The molecule has 1 N–H and O–H groups in total. The van der Waals surface area contributed by atoms with Crippen molar-refractivity contribution in [2.45, 2.75) is 39.2 Å². The van der Waals surface area contributed by atoms with E-state index in [2.05, 4.69) is 47.2 Å². The maximum Gasteiger partial charge on any atom is 0.0747 e. The van der Waals surface area contributed by atoms with Gasteiger partial charge in [-0.05, 0) is 56.4 Å². The predicted octanol–water partition coefficient (Wildman–Crippen LogP) is 4.05. The first-order chi connectivity index (χ1) is 8.16. The monoisotopic (exact) mass is 297 g/mol. The van der Waals surface area contributed by atoms with Crippen molar-refractivity contribution in [3.05, 3.63) is 27.7 Å². The van der Waals surface area contributed by atoms with E-state index in [1.165, 1.54) is 40.5 Å². The average Bonchev–Trinajstić information content (AvgIpc) is 2.34. The van der Waals surface area contributed by atoms with Gasteiger partial charge in [0.2, 0.25) is 0 Å². The van der Waals surface area contributed by atoms with E-state index in [0.29, 0.717) is 6.10 Å². The number of rotatable bonds is 3. The Morgan fingerprint density at radius 1 is 1.29 bits per heavy atom. The molecule has 1 aromatic carbocycles. The molecule has 0 aliphatic carbocycles. The molecule has 0 saturated carbocycles. The Kier molecular flexibility index (Phi) is 4.46. The maximum atomic E-state index is 5.71. The molecule has 1 aliphatic heterocycles. The third-order valence-corrected chi connectivity index (χ3v) is 4.50. The summed E-state index contributed by atoms with van der Waals surface area (Å²) in [5.74, 6) is 0. The Morgan fingerprint density at radius 2 is 2.00 bits per heavy atom. The van der Waals surface area contributed by atoms with Crippen LogP contribution in [0.5, 0.6) is 0 Å². The summed E-state index contributed by atoms with van der Waals surface area (Å²) in [7, 11) is 0. The van der Waals surface area contributed by atoms with Crippen LogP contribution in [0.25, 0.3) is 0 Å². The molecule has 1 fully saturated rings. The second kappa shape index (κ2) is 5.87. The minimum Gasteiger partial charge on any atom is -0.382 e. The van der Waals surface area contributed by atoms with Crippen LogP contribution in [0.3, 0.4) is 0 Å². The second-order valence-corrected chi connectivity index (χ2v) is 5.59. The van der Waals surface area contributed by atoms with Crippen LogP contribution in [0.4, 0.5) is 5.69 Å². The molecule has 0 bridgehead atoms. The molecule has 1 saturated heterocycles. The van der Waals surface area contributed by atoms with Crippen molar-refractivity contribution in [2.24, 2.45) is 0 Å². The van der Waals surface area contributed by atoms with Crippen LogP contribution in [-0.2, 0) is 4.74 Å². The standard InChI is InChI=1S/C14H20BrNO/c1-10-7-12(8-11(2)14(10)15)16-9-13-5-3-4-6-17-13/h7-8,13,16H,3-6,9H2,1-2H3. The van der Waals surface area contributed by atoms with E-state index in [-0.39, 0.29) is 0 Å². The average molecular weight is 298 g/mol. The minimum atomic E-state index is 0.382. The molecule has 0 amide bonds. The summed E-state index contributed by atoms with van der Waals surface area (Å²) in [6, 6.07) is 4.36. The lowest BCUT2D eigenvalue weighted by atomic mass is 10.1.